The lowest BCUT2D eigenvalue weighted by atomic mass is 10.1. The normalized spacial score (nSPS) is 18.8. The van der Waals surface area contributed by atoms with Gasteiger partial charge >= 0.3 is 5.97 Å². The van der Waals surface area contributed by atoms with Gasteiger partial charge < -0.3 is 10.4 Å². The summed E-state index contributed by atoms with van der Waals surface area (Å²) in [5.74, 6) is -0.314. The molecule has 0 bridgehead atoms. The molecule has 0 radical (unpaired) electrons. The number of aromatic nitrogens is 1. The van der Waals surface area contributed by atoms with Crippen molar-refractivity contribution in [3.05, 3.63) is 16.1 Å². The maximum atomic E-state index is 11.0. The first-order valence-corrected chi connectivity index (χ1v) is 6.45. The molecule has 1 atom stereocenters. The Morgan fingerprint density at radius 2 is 2.31 bits per heavy atom. The summed E-state index contributed by atoms with van der Waals surface area (Å²) in [7, 11) is 1.65. The summed E-state index contributed by atoms with van der Waals surface area (Å²) in [5.41, 5.74) is 1.08. The van der Waals surface area contributed by atoms with Gasteiger partial charge in [0.1, 0.15) is 5.01 Å². The number of carboxylic acid groups (broad SMARTS) is 1. The molecule has 0 aliphatic heterocycles. The minimum absolute atomic E-state index is 0.552. The van der Waals surface area contributed by atoms with Crippen molar-refractivity contribution in [2.24, 2.45) is 0 Å². The Bertz CT molecular complexity index is 372. The molecule has 16 heavy (non-hydrogen) atoms. The van der Waals surface area contributed by atoms with E-state index in [0.717, 1.165) is 5.69 Å². The van der Waals surface area contributed by atoms with Gasteiger partial charge in [-0.1, -0.05) is 12.8 Å². The minimum atomic E-state index is -0.866. The number of likely N-dealkylation sites (N-methyl/N-ethyl adjacent to an activating group) is 1. The van der Waals surface area contributed by atoms with Crippen LogP contribution in [0.25, 0.3) is 0 Å². The lowest BCUT2D eigenvalue weighted by Gasteiger charge is -2.07. The van der Waals surface area contributed by atoms with E-state index in [4.69, 9.17) is 5.11 Å². The first kappa shape index (κ1) is 11.5. The Kier molecular flexibility index (Phi) is 3.56. The zero-order chi connectivity index (χ0) is 11.5. The number of hydrogen-bond donors (Lipinski definition) is 2. The molecule has 1 aliphatic rings. The number of carbonyl (C=O) groups is 1. The topological polar surface area (TPSA) is 62.2 Å². The third-order valence-electron chi connectivity index (χ3n) is 3.10. The van der Waals surface area contributed by atoms with Crippen molar-refractivity contribution < 1.29 is 9.90 Å². The van der Waals surface area contributed by atoms with Gasteiger partial charge in [0.05, 0.1) is 5.69 Å². The van der Waals surface area contributed by atoms with Gasteiger partial charge in [-0.05, 0) is 19.9 Å². The first-order chi connectivity index (χ1) is 7.72. The van der Waals surface area contributed by atoms with Gasteiger partial charge in [-0.15, -0.1) is 11.3 Å². The van der Waals surface area contributed by atoms with Crippen molar-refractivity contribution in [1.29, 1.82) is 0 Å². The maximum absolute atomic E-state index is 11.0. The SMILES string of the molecule is CNC(C(=O)O)c1nc(C2CCCC2)cs1. The quantitative estimate of drug-likeness (QED) is 0.846. The molecule has 1 saturated carbocycles. The van der Waals surface area contributed by atoms with Crippen LogP contribution in [0, 0.1) is 0 Å². The van der Waals surface area contributed by atoms with E-state index in [9.17, 15) is 4.79 Å². The molecule has 1 heterocycles. The molecule has 2 N–H and O–H groups in total. The third kappa shape index (κ3) is 2.25. The van der Waals surface area contributed by atoms with Crippen LogP contribution in [0.5, 0.6) is 0 Å². The van der Waals surface area contributed by atoms with Gasteiger partial charge in [-0.25, -0.2) is 4.98 Å². The Balaban J connectivity index is 2.14. The van der Waals surface area contributed by atoms with Gasteiger partial charge in [0.2, 0.25) is 0 Å². The fraction of sp³-hybridized carbons (Fsp3) is 0.636. The van der Waals surface area contributed by atoms with E-state index in [-0.39, 0.29) is 0 Å². The molecule has 1 unspecified atom stereocenters. The van der Waals surface area contributed by atoms with E-state index in [0.29, 0.717) is 10.9 Å². The highest BCUT2D eigenvalue weighted by molar-refractivity contribution is 7.09. The molecular weight excluding hydrogens is 224 g/mol. The summed E-state index contributed by atoms with van der Waals surface area (Å²) in [4.78, 5) is 15.4. The molecule has 88 valence electrons. The van der Waals surface area contributed by atoms with E-state index in [1.807, 2.05) is 5.38 Å². The van der Waals surface area contributed by atoms with E-state index >= 15 is 0 Å². The van der Waals surface area contributed by atoms with Crippen LogP contribution >= 0.6 is 11.3 Å². The molecule has 1 aromatic heterocycles. The van der Waals surface area contributed by atoms with Crippen LogP contribution in [-0.2, 0) is 4.79 Å². The molecular formula is C11H16N2O2S. The zero-order valence-corrected chi connectivity index (χ0v) is 10.1. The van der Waals surface area contributed by atoms with Gasteiger partial charge in [0.25, 0.3) is 0 Å². The fourth-order valence-corrected chi connectivity index (χ4v) is 3.19. The second kappa shape index (κ2) is 4.93. The van der Waals surface area contributed by atoms with E-state index in [1.165, 1.54) is 37.0 Å². The highest BCUT2D eigenvalue weighted by atomic mass is 32.1. The van der Waals surface area contributed by atoms with Gasteiger partial charge in [-0.3, -0.25) is 4.79 Å². The number of nitrogens with one attached hydrogen (secondary N) is 1. The Morgan fingerprint density at radius 3 is 2.88 bits per heavy atom. The molecule has 1 aromatic rings. The average molecular weight is 240 g/mol. The van der Waals surface area contributed by atoms with Crippen LogP contribution < -0.4 is 5.32 Å². The van der Waals surface area contributed by atoms with Gasteiger partial charge in [-0.2, -0.15) is 0 Å². The van der Waals surface area contributed by atoms with Gasteiger partial charge in [0, 0.05) is 11.3 Å². The van der Waals surface area contributed by atoms with Crippen molar-refractivity contribution in [2.45, 2.75) is 37.6 Å². The molecule has 5 heteroatoms. The molecule has 1 aliphatic carbocycles. The van der Waals surface area contributed by atoms with Crippen molar-refractivity contribution >= 4 is 17.3 Å². The molecule has 0 amide bonds. The lowest BCUT2D eigenvalue weighted by Crippen LogP contribution is -2.24. The predicted octanol–water partition coefficient (Wildman–Crippen LogP) is 2.15. The lowest BCUT2D eigenvalue weighted by molar-refractivity contribution is -0.139. The van der Waals surface area contributed by atoms with Crippen LogP contribution in [0.3, 0.4) is 0 Å². The molecule has 0 saturated heterocycles. The molecule has 4 nitrogen and oxygen atoms in total. The van der Waals surface area contributed by atoms with Crippen LogP contribution in [-0.4, -0.2) is 23.1 Å². The summed E-state index contributed by atoms with van der Waals surface area (Å²) >= 11 is 1.44. The van der Waals surface area contributed by atoms with Crippen LogP contribution in [0.4, 0.5) is 0 Å². The van der Waals surface area contributed by atoms with E-state index in [1.54, 1.807) is 7.05 Å². The summed E-state index contributed by atoms with van der Waals surface area (Å²) in [6, 6.07) is -0.667. The molecule has 0 spiro atoms. The van der Waals surface area contributed by atoms with Crippen LogP contribution in [0.1, 0.15) is 48.3 Å². The monoisotopic (exact) mass is 240 g/mol. The Labute approximate surface area is 98.7 Å². The molecule has 0 aromatic carbocycles. The van der Waals surface area contributed by atoms with E-state index < -0.39 is 12.0 Å². The van der Waals surface area contributed by atoms with Crippen molar-refractivity contribution in [1.82, 2.24) is 10.3 Å². The van der Waals surface area contributed by atoms with Crippen molar-refractivity contribution in [3.8, 4) is 0 Å². The second-order valence-electron chi connectivity index (χ2n) is 4.15. The summed E-state index contributed by atoms with van der Waals surface area (Å²) in [6.07, 6.45) is 4.93. The highest BCUT2D eigenvalue weighted by Gasteiger charge is 2.24. The summed E-state index contributed by atoms with van der Waals surface area (Å²) in [6.45, 7) is 0. The fourth-order valence-electron chi connectivity index (χ4n) is 2.19. The standard InChI is InChI=1S/C11H16N2O2S/c1-12-9(11(14)15)10-13-8(6-16-10)7-4-2-3-5-7/h6-7,9,12H,2-5H2,1H3,(H,14,15). The largest absolute Gasteiger partial charge is 0.480 e. The first-order valence-electron chi connectivity index (χ1n) is 5.57. The summed E-state index contributed by atoms with van der Waals surface area (Å²) < 4.78 is 0. The van der Waals surface area contributed by atoms with Crippen LogP contribution in [0.2, 0.25) is 0 Å². The number of hydrogen-bond acceptors (Lipinski definition) is 4. The number of thiazole rings is 1. The molecule has 2 rings (SSSR count). The maximum Gasteiger partial charge on any atom is 0.327 e. The number of nitrogens with zero attached hydrogens (tertiary/aromatic N) is 1. The highest BCUT2D eigenvalue weighted by Crippen LogP contribution is 2.35. The molecule has 1 fully saturated rings. The number of rotatable bonds is 4. The second-order valence-corrected chi connectivity index (χ2v) is 5.04. The number of aliphatic carboxylic acids is 1. The van der Waals surface area contributed by atoms with Crippen molar-refractivity contribution in [3.63, 3.8) is 0 Å². The third-order valence-corrected chi connectivity index (χ3v) is 4.02. The minimum Gasteiger partial charge on any atom is -0.480 e. The van der Waals surface area contributed by atoms with E-state index in [2.05, 4.69) is 10.3 Å². The Morgan fingerprint density at radius 1 is 1.62 bits per heavy atom. The number of carboxylic acids is 1. The van der Waals surface area contributed by atoms with Crippen molar-refractivity contribution in [2.75, 3.05) is 7.05 Å². The smallest absolute Gasteiger partial charge is 0.327 e. The summed E-state index contributed by atoms with van der Waals surface area (Å²) in [5, 5.41) is 14.5. The zero-order valence-electron chi connectivity index (χ0n) is 9.27. The van der Waals surface area contributed by atoms with Gasteiger partial charge in [0.15, 0.2) is 6.04 Å². The average Bonchev–Trinajstić information content (AvgIpc) is 2.86. The van der Waals surface area contributed by atoms with Crippen LogP contribution in [0.15, 0.2) is 5.38 Å². The Hall–Kier alpha value is -0.940. The predicted molar refractivity (Wildman–Crippen MR) is 62.8 cm³/mol.